The molecule has 4 aromatic rings. The van der Waals surface area contributed by atoms with Crippen molar-refractivity contribution in [3.8, 4) is 0 Å². The Morgan fingerprint density at radius 2 is 1.77 bits per heavy atom. The van der Waals surface area contributed by atoms with Gasteiger partial charge in [0.25, 0.3) is 11.5 Å². The van der Waals surface area contributed by atoms with Crippen LogP contribution in [0.2, 0.25) is 0 Å². The van der Waals surface area contributed by atoms with Crippen LogP contribution in [0.5, 0.6) is 0 Å². The van der Waals surface area contributed by atoms with Gasteiger partial charge in [0.05, 0.1) is 16.6 Å². The molecule has 0 radical (unpaired) electrons. The summed E-state index contributed by atoms with van der Waals surface area (Å²) in [7, 11) is 0. The molecule has 2 aromatic heterocycles. The second-order valence-corrected chi connectivity index (χ2v) is 9.26. The lowest BCUT2D eigenvalue weighted by molar-refractivity contribution is -0.118. The maximum absolute atomic E-state index is 13.3. The summed E-state index contributed by atoms with van der Waals surface area (Å²) in [5, 5.41) is 5.94. The molecule has 0 aliphatic rings. The minimum Gasteiger partial charge on any atom is -0.324 e. The number of para-hydroxylation sites is 1. The minimum absolute atomic E-state index is 0.116. The van der Waals surface area contributed by atoms with Crippen LogP contribution in [0, 0.1) is 13.8 Å². The van der Waals surface area contributed by atoms with E-state index in [1.54, 1.807) is 38.1 Å². The summed E-state index contributed by atoms with van der Waals surface area (Å²) < 4.78 is 1.25. The fourth-order valence-corrected chi connectivity index (χ4v) is 4.75. The summed E-state index contributed by atoms with van der Waals surface area (Å²) in [6, 6.07) is 13.2. The van der Waals surface area contributed by atoms with E-state index in [2.05, 4.69) is 15.6 Å². The zero-order valence-electron chi connectivity index (χ0n) is 19.7. The molecule has 2 N–H and O–H groups in total. The Morgan fingerprint density at radius 1 is 1.03 bits per heavy atom. The maximum atomic E-state index is 13.3. The van der Waals surface area contributed by atoms with E-state index in [-0.39, 0.29) is 11.7 Å². The lowest BCUT2D eigenvalue weighted by Crippen LogP contribution is -2.31. The summed E-state index contributed by atoms with van der Waals surface area (Å²) in [6.07, 6.45) is 1.32. The normalized spacial score (nSPS) is 11.8. The number of thiophene rings is 1. The lowest BCUT2D eigenvalue weighted by atomic mass is 10.1. The highest BCUT2D eigenvalue weighted by Crippen LogP contribution is 2.28. The van der Waals surface area contributed by atoms with Crippen LogP contribution in [0.15, 0.2) is 59.7 Å². The number of nitrogens with zero attached hydrogens (tertiary/aromatic N) is 2. The van der Waals surface area contributed by atoms with Crippen LogP contribution in [0.4, 0.5) is 11.4 Å². The summed E-state index contributed by atoms with van der Waals surface area (Å²) in [5.41, 5.74) is 2.66. The van der Waals surface area contributed by atoms with Crippen molar-refractivity contribution in [3.63, 3.8) is 0 Å². The molecule has 4 rings (SSSR count). The van der Waals surface area contributed by atoms with Crippen molar-refractivity contribution in [2.24, 2.45) is 0 Å². The fraction of sp³-hybridized carbons (Fsp3) is 0.192. The molecule has 0 aliphatic carbocycles. The van der Waals surface area contributed by atoms with Crippen molar-refractivity contribution >= 4 is 50.5 Å². The second kappa shape index (κ2) is 9.63. The molecule has 8 nitrogen and oxygen atoms in total. The Balaban J connectivity index is 1.62. The first-order valence-corrected chi connectivity index (χ1v) is 11.8. The van der Waals surface area contributed by atoms with Gasteiger partial charge >= 0.3 is 0 Å². The van der Waals surface area contributed by atoms with Gasteiger partial charge in [-0.05, 0) is 57.0 Å². The first-order valence-electron chi connectivity index (χ1n) is 11.0. The summed E-state index contributed by atoms with van der Waals surface area (Å²) in [4.78, 5) is 55.9. The van der Waals surface area contributed by atoms with E-state index in [9.17, 15) is 19.2 Å². The molecule has 0 saturated carbocycles. The molecule has 0 fully saturated rings. The molecule has 178 valence electrons. The van der Waals surface area contributed by atoms with E-state index >= 15 is 0 Å². The summed E-state index contributed by atoms with van der Waals surface area (Å²) in [6.45, 7) is 6.64. The number of ketones is 1. The quantitative estimate of drug-likeness (QED) is 0.381. The monoisotopic (exact) mass is 488 g/mol. The molecule has 35 heavy (non-hydrogen) atoms. The van der Waals surface area contributed by atoms with E-state index in [0.29, 0.717) is 37.6 Å². The van der Waals surface area contributed by atoms with Gasteiger partial charge in [0.2, 0.25) is 5.91 Å². The highest BCUT2D eigenvalue weighted by molar-refractivity contribution is 7.20. The zero-order chi connectivity index (χ0) is 25.3. The van der Waals surface area contributed by atoms with Crippen molar-refractivity contribution in [2.75, 3.05) is 10.6 Å². The molecular formula is C26H24N4O4S. The third-order valence-electron chi connectivity index (χ3n) is 5.81. The number of Topliss-reactive ketones (excluding diaryl/α,β-unsaturated/α-hetero) is 1. The summed E-state index contributed by atoms with van der Waals surface area (Å²) >= 11 is 1.14. The van der Waals surface area contributed by atoms with Crippen LogP contribution in [-0.4, -0.2) is 27.1 Å². The largest absolute Gasteiger partial charge is 0.324 e. The molecule has 2 amide bonds. The topological polar surface area (TPSA) is 110 Å². The Morgan fingerprint density at radius 3 is 2.49 bits per heavy atom. The van der Waals surface area contributed by atoms with Gasteiger partial charge in [-0.3, -0.25) is 23.7 Å². The van der Waals surface area contributed by atoms with Crippen molar-refractivity contribution in [3.05, 3.63) is 86.8 Å². The fourth-order valence-electron chi connectivity index (χ4n) is 3.71. The number of rotatable bonds is 6. The number of nitrogens with one attached hydrogen (secondary N) is 2. The Bertz CT molecular complexity index is 1540. The van der Waals surface area contributed by atoms with Gasteiger partial charge in [-0.1, -0.05) is 30.3 Å². The van der Waals surface area contributed by atoms with Crippen molar-refractivity contribution < 1.29 is 14.4 Å². The number of benzene rings is 2. The van der Waals surface area contributed by atoms with E-state index < -0.39 is 17.5 Å². The number of anilines is 2. The Hall–Kier alpha value is -4.11. The number of hydrogen-bond acceptors (Lipinski definition) is 6. The Labute approximate surface area is 205 Å². The van der Waals surface area contributed by atoms with Crippen molar-refractivity contribution in [1.29, 1.82) is 0 Å². The van der Waals surface area contributed by atoms with Crippen LogP contribution >= 0.6 is 11.3 Å². The molecule has 0 spiro atoms. The van der Waals surface area contributed by atoms with E-state index in [0.717, 1.165) is 16.9 Å². The molecule has 9 heteroatoms. The van der Waals surface area contributed by atoms with Crippen molar-refractivity contribution in [2.45, 2.75) is 33.7 Å². The average molecular weight is 489 g/mol. The molecule has 2 heterocycles. The predicted molar refractivity (Wildman–Crippen MR) is 138 cm³/mol. The summed E-state index contributed by atoms with van der Waals surface area (Å²) in [5.74, 6) is -0.864. The standard InChI is InChI=1S/C26H24N4O4S/c1-14-8-5-6-11-20(14)29-24(33)22-15(2)21-25(35-22)27-13-30(26(21)34)16(3)23(32)28-19-10-7-9-18(12-19)17(4)31/h5-13,16H,1-4H3,(H,28,32)(H,29,33). The second-order valence-electron chi connectivity index (χ2n) is 8.26. The smallest absolute Gasteiger partial charge is 0.266 e. The average Bonchev–Trinajstić information content (AvgIpc) is 3.17. The first-order chi connectivity index (χ1) is 16.7. The molecule has 2 aromatic carbocycles. The van der Waals surface area contributed by atoms with Crippen LogP contribution < -0.4 is 16.2 Å². The van der Waals surface area contributed by atoms with E-state index in [4.69, 9.17) is 0 Å². The van der Waals surface area contributed by atoms with Gasteiger partial charge in [0.15, 0.2) is 5.78 Å². The lowest BCUT2D eigenvalue weighted by Gasteiger charge is -2.15. The van der Waals surface area contributed by atoms with Crippen LogP contribution in [-0.2, 0) is 4.79 Å². The number of aromatic nitrogens is 2. The molecular weight excluding hydrogens is 464 g/mol. The number of amides is 2. The zero-order valence-corrected chi connectivity index (χ0v) is 20.5. The van der Waals surface area contributed by atoms with Gasteiger partial charge < -0.3 is 10.6 Å². The highest BCUT2D eigenvalue weighted by atomic mass is 32.1. The number of hydrogen-bond donors (Lipinski definition) is 2. The highest BCUT2D eigenvalue weighted by Gasteiger charge is 2.23. The van der Waals surface area contributed by atoms with Crippen LogP contribution in [0.25, 0.3) is 10.2 Å². The van der Waals surface area contributed by atoms with Crippen LogP contribution in [0.1, 0.15) is 51.0 Å². The first kappa shape index (κ1) is 24.0. The third kappa shape index (κ3) is 4.76. The Kier molecular flexibility index (Phi) is 6.61. The maximum Gasteiger partial charge on any atom is 0.266 e. The molecule has 0 saturated heterocycles. The van der Waals surface area contributed by atoms with Gasteiger partial charge in [0.1, 0.15) is 10.9 Å². The third-order valence-corrected chi connectivity index (χ3v) is 7.01. The van der Waals surface area contributed by atoms with Crippen LogP contribution in [0.3, 0.4) is 0 Å². The number of fused-ring (bicyclic) bond motifs is 1. The number of carbonyl (C=O) groups excluding carboxylic acids is 3. The minimum atomic E-state index is -0.871. The van der Waals surface area contributed by atoms with Gasteiger partial charge in [-0.25, -0.2) is 4.98 Å². The molecule has 0 bridgehead atoms. The number of carbonyl (C=O) groups is 3. The SMILES string of the molecule is CC(=O)c1cccc(NC(=O)C(C)n2cnc3sc(C(=O)Nc4ccccc4C)c(C)c3c2=O)c1. The van der Waals surface area contributed by atoms with Gasteiger partial charge in [0, 0.05) is 16.9 Å². The molecule has 0 aliphatic heterocycles. The van der Waals surface area contributed by atoms with Gasteiger partial charge in [-0.2, -0.15) is 0 Å². The van der Waals surface area contributed by atoms with Crippen molar-refractivity contribution in [1.82, 2.24) is 9.55 Å². The predicted octanol–water partition coefficient (Wildman–Crippen LogP) is 4.73. The van der Waals surface area contributed by atoms with E-state index in [1.807, 2.05) is 31.2 Å². The molecule has 1 unspecified atom stereocenters. The molecule has 1 atom stereocenters. The van der Waals surface area contributed by atoms with E-state index in [1.165, 1.54) is 17.8 Å². The number of aryl methyl sites for hydroxylation is 2. The van der Waals surface area contributed by atoms with Gasteiger partial charge in [-0.15, -0.1) is 11.3 Å².